The Bertz CT molecular complexity index is 1070. The second-order valence-electron chi connectivity index (χ2n) is 7.26. The molecule has 3 aromatic rings. The van der Waals surface area contributed by atoms with E-state index in [1.54, 1.807) is 30.3 Å². The van der Waals surface area contributed by atoms with Crippen molar-refractivity contribution in [3.8, 4) is 0 Å². The second-order valence-corrected chi connectivity index (χ2v) is 9.09. The van der Waals surface area contributed by atoms with E-state index in [4.69, 9.17) is 0 Å². The van der Waals surface area contributed by atoms with Crippen LogP contribution in [0.1, 0.15) is 24.0 Å². The molecule has 1 N–H and O–H groups in total. The molecule has 140 valence electrons. The van der Waals surface area contributed by atoms with Gasteiger partial charge in [-0.1, -0.05) is 24.3 Å². The van der Waals surface area contributed by atoms with Crippen molar-refractivity contribution in [3.63, 3.8) is 0 Å². The van der Waals surface area contributed by atoms with Crippen LogP contribution < -0.4 is 0 Å². The van der Waals surface area contributed by atoms with Gasteiger partial charge in [-0.3, -0.25) is 0 Å². The lowest BCUT2D eigenvalue weighted by molar-refractivity contribution is 0.310. The van der Waals surface area contributed by atoms with Crippen molar-refractivity contribution >= 4 is 26.8 Å². The average Bonchev–Trinajstić information content (AvgIpc) is 3.27. The number of likely N-dealkylation sites (N-methyl/N-ethyl adjacent to an activating group) is 1. The second kappa shape index (κ2) is 7.33. The maximum absolute atomic E-state index is 12.5. The Hall–Kier alpha value is -2.37. The molecule has 1 fully saturated rings. The van der Waals surface area contributed by atoms with Crippen LogP contribution in [0.2, 0.25) is 0 Å². The molecule has 0 spiro atoms. The quantitative estimate of drug-likeness (QED) is 0.720. The van der Waals surface area contributed by atoms with Gasteiger partial charge < -0.3 is 9.88 Å². The maximum atomic E-state index is 12.5. The number of benzene rings is 2. The number of hydrogen-bond acceptors (Lipinski definition) is 3. The molecule has 1 aliphatic rings. The summed E-state index contributed by atoms with van der Waals surface area (Å²) in [5, 5.41) is 2.47. The predicted octanol–water partition coefficient (Wildman–Crippen LogP) is 4.25. The monoisotopic (exact) mass is 380 g/mol. The third-order valence-electron chi connectivity index (χ3n) is 5.43. The zero-order valence-electron chi connectivity index (χ0n) is 15.4. The molecule has 2 heterocycles. The van der Waals surface area contributed by atoms with E-state index in [1.807, 2.05) is 18.2 Å². The number of likely N-dealkylation sites (tertiary alicyclic amines) is 1. The number of aromatic nitrogens is 1. The fourth-order valence-corrected chi connectivity index (χ4v) is 4.85. The zero-order valence-corrected chi connectivity index (χ0v) is 16.2. The molecule has 1 saturated heterocycles. The number of fused-ring (bicyclic) bond motifs is 1. The summed E-state index contributed by atoms with van der Waals surface area (Å²) < 4.78 is 24.9. The van der Waals surface area contributed by atoms with Crippen molar-refractivity contribution in [2.24, 2.45) is 0 Å². The lowest BCUT2D eigenvalue weighted by atomic mass is 10.0. The topological polar surface area (TPSA) is 53.2 Å². The van der Waals surface area contributed by atoms with E-state index < -0.39 is 9.84 Å². The smallest absolute Gasteiger partial charge is 0.199 e. The molecule has 0 amide bonds. The van der Waals surface area contributed by atoms with Gasteiger partial charge in [0.2, 0.25) is 0 Å². The molecule has 2 aromatic carbocycles. The SMILES string of the molecule is CN1CCC[C@@H]1Cc1c[nH]c2ccc(/C=C\S(=O)(=O)c3ccccc3)cc12. The molecule has 1 aromatic heterocycles. The summed E-state index contributed by atoms with van der Waals surface area (Å²) in [6.07, 6.45) is 7.28. The van der Waals surface area contributed by atoms with E-state index in [2.05, 4.69) is 29.2 Å². The average molecular weight is 381 g/mol. The lowest BCUT2D eigenvalue weighted by Crippen LogP contribution is -2.26. The van der Waals surface area contributed by atoms with Gasteiger partial charge in [-0.25, -0.2) is 8.42 Å². The van der Waals surface area contributed by atoms with Gasteiger partial charge in [0.05, 0.1) is 4.90 Å². The number of sulfone groups is 1. The fourth-order valence-electron chi connectivity index (χ4n) is 3.82. The minimum absolute atomic E-state index is 0.314. The van der Waals surface area contributed by atoms with Gasteiger partial charge in [0.15, 0.2) is 9.84 Å². The van der Waals surface area contributed by atoms with Crippen molar-refractivity contribution in [3.05, 3.63) is 71.3 Å². The van der Waals surface area contributed by atoms with Crippen LogP contribution in [0.3, 0.4) is 0 Å². The van der Waals surface area contributed by atoms with Crippen molar-refractivity contribution in [2.75, 3.05) is 13.6 Å². The van der Waals surface area contributed by atoms with Gasteiger partial charge in [0.1, 0.15) is 0 Å². The van der Waals surface area contributed by atoms with Gasteiger partial charge in [0.25, 0.3) is 0 Å². The Morgan fingerprint density at radius 2 is 2.00 bits per heavy atom. The van der Waals surface area contributed by atoms with Crippen LogP contribution in [0.5, 0.6) is 0 Å². The third-order valence-corrected chi connectivity index (χ3v) is 6.85. The highest BCUT2D eigenvalue weighted by molar-refractivity contribution is 7.94. The van der Waals surface area contributed by atoms with Crippen LogP contribution in [0.4, 0.5) is 0 Å². The Morgan fingerprint density at radius 3 is 2.74 bits per heavy atom. The van der Waals surface area contributed by atoms with E-state index in [0.29, 0.717) is 10.9 Å². The number of rotatable bonds is 5. The summed E-state index contributed by atoms with van der Waals surface area (Å²) in [4.78, 5) is 6.08. The predicted molar refractivity (Wildman–Crippen MR) is 110 cm³/mol. The van der Waals surface area contributed by atoms with Crippen molar-refractivity contribution in [2.45, 2.75) is 30.2 Å². The van der Waals surface area contributed by atoms with Crippen LogP contribution in [0.15, 0.2) is 65.0 Å². The number of aromatic amines is 1. The summed E-state index contributed by atoms with van der Waals surface area (Å²) in [5.41, 5.74) is 3.28. The van der Waals surface area contributed by atoms with E-state index in [9.17, 15) is 8.42 Å². The van der Waals surface area contributed by atoms with Crippen LogP contribution in [-0.4, -0.2) is 37.9 Å². The van der Waals surface area contributed by atoms with Gasteiger partial charge in [-0.15, -0.1) is 0 Å². The normalized spacial score (nSPS) is 18.6. The molecule has 0 saturated carbocycles. The molecule has 1 atom stereocenters. The summed E-state index contributed by atoms with van der Waals surface area (Å²) in [7, 11) is -1.24. The number of hydrogen-bond donors (Lipinski definition) is 1. The van der Waals surface area contributed by atoms with E-state index in [-0.39, 0.29) is 0 Å². The summed E-state index contributed by atoms with van der Waals surface area (Å²) in [6.45, 7) is 1.17. The molecular weight excluding hydrogens is 356 g/mol. The van der Waals surface area contributed by atoms with E-state index >= 15 is 0 Å². The Balaban J connectivity index is 1.60. The molecule has 1 aliphatic heterocycles. The Kier molecular flexibility index (Phi) is 4.89. The first-order valence-corrected chi connectivity index (χ1v) is 10.9. The van der Waals surface area contributed by atoms with Crippen LogP contribution in [-0.2, 0) is 16.3 Å². The summed E-state index contributed by atoms with van der Waals surface area (Å²) in [6, 6.07) is 15.1. The van der Waals surface area contributed by atoms with Gasteiger partial charge in [0, 0.05) is 28.5 Å². The number of nitrogens with one attached hydrogen (secondary N) is 1. The van der Waals surface area contributed by atoms with Crippen molar-refractivity contribution in [1.82, 2.24) is 9.88 Å². The van der Waals surface area contributed by atoms with Gasteiger partial charge in [-0.05, 0) is 74.3 Å². The molecular formula is C22H24N2O2S. The molecule has 0 radical (unpaired) electrons. The molecule has 0 bridgehead atoms. The zero-order chi connectivity index (χ0) is 18.9. The molecule has 4 rings (SSSR count). The van der Waals surface area contributed by atoms with Crippen LogP contribution in [0.25, 0.3) is 17.0 Å². The minimum atomic E-state index is -3.43. The summed E-state index contributed by atoms with van der Waals surface area (Å²) in [5.74, 6) is 0. The molecule has 0 aliphatic carbocycles. The lowest BCUT2D eigenvalue weighted by Gasteiger charge is -2.18. The first-order valence-electron chi connectivity index (χ1n) is 9.31. The number of nitrogens with zero attached hydrogens (tertiary/aromatic N) is 1. The minimum Gasteiger partial charge on any atom is -0.361 e. The third kappa shape index (κ3) is 3.84. The van der Waals surface area contributed by atoms with E-state index in [1.165, 1.54) is 35.7 Å². The molecule has 27 heavy (non-hydrogen) atoms. The highest BCUT2D eigenvalue weighted by Crippen LogP contribution is 2.26. The first-order chi connectivity index (χ1) is 13.0. The van der Waals surface area contributed by atoms with Crippen LogP contribution >= 0.6 is 0 Å². The van der Waals surface area contributed by atoms with Crippen molar-refractivity contribution < 1.29 is 8.42 Å². The maximum Gasteiger partial charge on any atom is 0.199 e. The molecule has 5 heteroatoms. The standard InChI is InChI=1S/C22H24N2O2S/c1-24-12-5-6-19(24)15-18-16-23-22-10-9-17(14-21(18)22)11-13-27(25,26)20-7-3-2-4-8-20/h2-4,7-11,13-14,16,19,23H,5-6,12,15H2,1H3/b13-11-/t19-/m1/s1. The summed E-state index contributed by atoms with van der Waals surface area (Å²) >= 11 is 0. The van der Waals surface area contributed by atoms with Gasteiger partial charge in [-0.2, -0.15) is 0 Å². The van der Waals surface area contributed by atoms with Gasteiger partial charge >= 0.3 is 0 Å². The van der Waals surface area contributed by atoms with Crippen molar-refractivity contribution in [1.29, 1.82) is 0 Å². The number of H-pyrrole nitrogens is 1. The molecule has 4 nitrogen and oxygen atoms in total. The fraction of sp³-hybridized carbons (Fsp3) is 0.273. The molecule has 0 unspecified atom stereocenters. The first kappa shape index (κ1) is 18.0. The van der Waals surface area contributed by atoms with E-state index in [0.717, 1.165) is 17.5 Å². The largest absolute Gasteiger partial charge is 0.361 e. The Labute approximate surface area is 160 Å². The Morgan fingerprint density at radius 1 is 1.19 bits per heavy atom. The van der Waals surface area contributed by atoms with Crippen LogP contribution in [0, 0.1) is 0 Å². The highest BCUT2D eigenvalue weighted by Gasteiger charge is 2.22. The highest BCUT2D eigenvalue weighted by atomic mass is 32.2.